The molecule has 1 atom stereocenters. The summed E-state index contributed by atoms with van der Waals surface area (Å²) in [4.78, 5) is 0. The summed E-state index contributed by atoms with van der Waals surface area (Å²) in [5, 5.41) is 0. The molecule has 0 aromatic rings. The van der Waals surface area contributed by atoms with Crippen molar-refractivity contribution >= 4 is 9.24 Å². The topological polar surface area (TPSA) is 89.4 Å². The van der Waals surface area contributed by atoms with Crippen LogP contribution in [0.1, 0.15) is 0 Å². The molecule has 4 nitrogen and oxygen atoms in total. The second-order valence-electron chi connectivity index (χ2n) is 0.396. The minimum Gasteiger partial charge on any atom is -0.183 e. The second kappa shape index (κ2) is 4.71. The Bertz CT molecular complexity index is 27.2. The summed E-state index contributed by atoms with van der Waals surface area (Å²) in [6, 6.07) is 0. The molecule has 7 heavy (non-hydrogen) atoms. The predicted molar refractivity (Wildman–Crippen MR) is 17.9 cm³/mol. The fraction of sp³-hybridized carbons (Fsp3) is 1.00. The Kier molecular flexibility index (Phi) is 7.08. The lowest BCUT2D eigenvalue weighted by Gasteiger charge is -2.03. The van der Waals surface area contributed by atoms with Gasteiger partial charge in [0.25, 0.3) is 0 Å². The Balaban J connectivity index is 0. The van der Waals surface area contributed by atoms with E-state index >= 15 is 0 Å². The van der Waals surface area contributed by atoms with Gasteiger partial charge in [0.15, 0.2) is 0 Å². The van der Waals surface area contributed by atoms with Crippen LogP contribution in [0.2, 0.25) is 0 Å². The van der Waals surface area contributed by atoms with Crippen LogP contribution in [0, 0.1) is 10.2 Å². The Morgan fingerprint density at radius 1 is 1.29 bits per heavy atom. The summed E-state index contributed by atoms with van der Waals surface area (Å²) in [5.41, 5.74) is 0. The molecular formula is CH6ClO4P. The fourth-order valence-electron chi connectivity index (χ4n) is 0. The first-order valence-corrected chi connectivity index (χ1v) is 3.63. The van der Waals surface area contributed by atoms with Crippen molar-refractivity contribution in [3.8, 4) is 0 Å². The zero-order valence-corrected chi connectivity index (χ0v) is 5.54. The second-order valence-corrected chi connectivity index (χ2v) is 1.19. The Labute approximate surface area is 45.7 Å². The van der Waals surface area contributed by atoms with Crippen molar-refractivity contribution in [2.45, 2.75) is 0 Å². The van der Waals surface area contributed by atoms with E-state index in [9.17, 15) is 0 Å². The quantitative estimate of drug-likeness (QED) is 0.359. The highest BCUT2D eigenvalue weighted by atomic mass is 35.7. The average Bonchev–Trinajstić information content (AvgIpc) is 1.36. The molecular weight excluding hydrogens is 142 g/mol. The van der Waals surface area contributed by atoms with Gasteiger partial charge in [-0.1, -0.05) is 6.66 Å². The van der Waals surface area contributed by atoms with Crippen molar-refractivity contribution in [3.63, 3.8) is 0 Å². The van der Waals surface area contributed by atoms with Crippen LogP contribution in [0.15, 0.2) is 0 Å². The van der Waals surface area contributed by atoms with Gasteiger partial charge in [0.05, 0.1) is 14.9 Å². The van der Waals surface area contributed by atoms with Crippen LogP contribution in [-0.4, -0.2) is 11.3 Å². The molecule has 1 unspecified atom stereocenters. The van der Waals surface area contributed by atoms with Gasteiger partial charge >= 0.3 is 0 Å². The first-order chi connectivity index (χ1) is 3.00. The van der Waals surface area contributed by atoms with Crippen LogP contribution in [-0.2, 0) is 0 Å². The lowest BCUT2D eigenvalue weighted by atomic mass is 12.0. The maximum atomic E-state index is 8.60. The monoisotopic (exact) mass is 148 g/mol. The van der Waals surface area contributed by atoms with Crippen LogP contribution < -0.4 is 14.0 Å². The van der Waals surface area contributed by atoms with E-state index in [4.69, 9.17) is 18.6 Å². The molecule has 0 aromatic heterocycles. The molecule has 0 amide bonds. The summed E-state index contributed by atoms with van der Waals surface area (Å²) in [6.45, 7) is 1.92. The lowest BCUT2D eigenvalue weighted by molar-refractivity contribution is -1.92. The van der Waals surface area contributed by atoms with Crippen LogP contribution in [0.3, 0.4) is 0 Å². The molecule has 0 radical (unpaired) electrons. The smallest absolute Gasteiger partial charge is 0.0777 e. The predicted octanol–water partition coefficient (Wildman–Crippen LogP) is -3.63. The molecule has 0 heterocycles. The molecule has 0 bridgehead atoms. The molecule has 0 rings (SSSR count). The number of hydrogen-bond donors (Lipinski definition) is 1. The average molecular weight is 148 g/mol. The molecule has 0 aliphatic heterocycles. The molecule has 0 aliphatic carbocycles. The maximum absolute atomic E-state index is 8.60. The van der Waals surface area contributed by atoms with Gasteiger partial charge in [-0.2, -0.15) is 14.0 Å². The lowest BCUT2D eigenvalue weighted by Crippen LogP contribution is -2.58. The van der Waals surface area contributed by atoms with E-state index < -0.39 is 10.2 Å². The van der Waals surface area contributed by atoms with Crippen LogP contribution in [0.4, 0.5) is 0 Å². The third kappa shape index (κ3) is 435. The molecule has 0 aromatic carbocycles. The standard InChI is InChI=1S/CH5P.ClHO4/c1-2;2-1(3,4)5/h2H2,1H3;(H,2,3,4,5). The van der Waals surface area contributed by atoms with E-state index in [2.05, 4.69) is 9.24 Å². The molecule has 0 saturated carbocycles. The van der Waals surface area contributed by atoms with Crippen molar-refractivity contribution in [2.24, 2.45) is 0 Å². The van der Waals surface area contributed by atoms with Gasteiger partial charge in [-0.25, -0.2) is 0 Å². The van der Waals surface area contributed by atoms with E-state index in [0.717, 1.165) is 0 Å². The van der Waals surface area contributed by atoms with E-state index in [1.807, 2.05) is 6.66 Å². The summed E-state index contributed by atoms with van der Waals surface area (Å²) in [7, 11) is -2.28. The number of rotatable bonds is 0. The zero-order valence-electron chi connectivity index (χ0n) is 3.63. The fourth-order valence-corrected chi connectivity index (χ4v) is 0. The summed E-state index contributed by atoms with van der Waals surface area (Å²) < 4.78 is 32.7. The van der Waals surface area contributed by atoms with Gasteiger partial charge < -0.3 is 0 Å². The molecule has 46 valence electrons. The third-order valence-corrected chi connectivity index (χ3v) is 0. The van der Waals surface area contributed by atoms with Crippen molar-refractivity contribution in [1.82, 2.24) is 0 Å². The normalized spacial score (nSPS) is 9.43. The van der Waals surface area contributed by atoms with Crippen molar-refractivity contribution in [1.29, 1.82) is 0 Å². The van der Waals surface area contributed by atoms with E-state index in [-0.39, 0.29) is 0 Å². The van der Waals surface area contributed by atoms with E-state index in [1.54, 1.807) is 0 Å². The van der Waals surface area contributed by atoms with Crippen molar-refractivity contribution < 1.29 is 28.9 Å². The van der Waals surface area contributed by atoms with Gasteiger partial charge in [0.1, 0.15) is 0 Å². The SMILES string of the molecule is CP.[O-][Cl+3]([O-])([O-])O. The summed E-state index contributed by atoms with van der Waals surface area (Å²) in [6.07, 6.45) is 0. The number of hydrogen-bond acceptors (Lipinski definition) is 4. The van der Waals surface area contributed by atoms with E-state index in [0.29, 0.717) is 0 Å². The van der Waals surface area contributed by atoms with Crippen LogP contribution >= 0.6 is 9.24 Å². The summed E-state index contributed by atoms with van der Waals surface area (Å²) in [5.74, 6) is 0. The minimum atomic E-state index is -4.69. The Morgan fingerprint density at radius 3 is 1.29 bits per heavy atom. The van der Waals surface area contributed by atoms with Gasteiger partial charge in [-0.3, -0.25) is 0 Å². The van der Waals surface area contributed by atoms with Crippen LogP contribution in [0.5, 0.6) is 0 Å². The third-order valence-electron chi connectivity index (χ3n) is 0. The molecule has 0 spiro atoms. The van der Waals surface area contributed by atoms with Gasteiger partial charge in [-0.15, -0.1) is 9.24 Å². The van der Waals surface area contributed by atoms with Crippen molar-refractivity contribution in [3.05, 3.63) is 0 Å². The van der Waals surface area contributed by atoms with Crippen molar-refractivity contribution in [2.75, 3.05) is 6.66 Å². The Hall–Kier alpha value is 0.560. The summed E-state index contributed by atoms with van der Waals surface area (Å²) >= 11 is 0. The molecule has 0 aliphatic rings. The van der Waals surface area contributed by atoms with Gasteiger partial charge in [0, 0.05) is 0 Å². The molecule has 1 N–H and O–H groups in total. The molecule has 0 fully saturated rings. The first kappa shape index (κ1) is 10.5. The maximum Gasteiger partial charge on any atom is 0.0777 e. The number of halogens is 1. The largest absolute Gasteiger partial charge is 0.183 e. The minimum absolute atomic E-state index is 1.92. The molecule has 0 saturated heterocycles. The van der Waals surface area contributed by atoms with E-state index in [1.165, 1.54) is 0 Å². The van der Waals surface area contributed by atoms with Gasteiger partial charge in [-0.05, 0) is 0 Å². The van der Waals surface area contributed by atoms with Gasteiger partial charge in [0.2, 0.25) is 0 Å². The first-order valence-electron chi connectivity index (χ1n) is 1.21. The Morgan fingerprint density at radius 2 is 1.29 bits per heavy atom. The zero-order chi connectivity index (χ0) is 6.50. The highest BCUT2D eigenvalue weighted by Crippen LogP contribution is 1.60. The molecule has 6 heteroatoms. The van der Waals surface area contributed by atoms with Crippen LogP contribution in [0.25, 0.3) is 0 Å². The highest BCUT2D eigenvalue weighted by molar-refractivity contribution is 7.15. The highest BCUT2D eigenvalue weighted by Gasteiger charge is 1.98.